The SMILES string of the molecule is COc1ccc(NC(C)c2cscn2)cc1Br. The predicted molar refractivity (Wildman–Crippen MR) is 74.8 cm³/mol. The van der Waals surface area contributed by atoms with Gasteiger partial charge < -0.3 is 10.1 Å². The Kier molecular flexibility index (Phi) is 4.02. The minimum Gasteiger partial charge on any atom is -0.496 e. The van der Waals surface area contributed by atoms with Gasteiger partial charge in [-0.05, 0) is 41.1 Å². The predicted octanol–water partition coefficient (Wildman–Crippen LogP) is 4.09. The van der Waals surface area contributed by atoms with Gasteiger partial charge in [-0.3, -0.25) is 0 Å². The maximum absolute atomic E-state index is 5.19. The third kappa shape index (κ3) is 2.98. The molecule has 0 amide bonds. The number of halogens is 1. The summed E-state index contributed by atoms with van der Waals surface area (Å²) in [4.78, 5) is 4.29. The van der Waals surface area contributed by atoms with Crippen molar-refractivity contribution in [3.05, 3.63) is 39.3 Å². The second-order valence-corrected chi connectivity index (χ2v) is 5.20. The van der Waals surface area contributed by atoms with Crippen LogP contribution in [0.4, 0.5) is 5.69 Å². The smallest absolute Gasteiger partial charge is 0.133 e. The van der Waals surface area contributed by atoms with Gasteiger partial charge in [0, 0.05) is 11.1 Å². The molecular weight excluding hydrogens is 300 g/mol. The minimum atomic E-state index is 0.196. The Bertz CT molecular complexity index is 487. The molecule has 0 radical (unpaired) electrons. The standard InChI is InChI=1S/C12H13BrN2OS/c1-8(11-6-17-7-14-11)15-9-3-4-12(16-2)10(13)5-9/h3-8,15H,1-2H3. The summed E-state index contributed by atoms with van der Waals surface area (Å²) < 4.78 is 6.13. The van der Waals surface area contributed by atoms with Gasteiger partial charge in [-0.1, -0.05) is 0 Å². The van der Waals surface area contributed by atoms with Gasteiger partial charge in [0.15, 0.2) is 0 Å². The van der Waals surface area contributed by atoms with Crippen LogP contribution in [0.2, 0.25) is 0 Å². The number of aromatic nitrogens is 1. The molecule has 0 saturated carbocycles. The second-order valence-electron chi connectivity index (χ2n) is 3.63. The molecule has 17 heavy (non-hydrogen) atoms. The molecule has 1 N–H and O–H groups in total. The molecule has 1 unspecified atom stereocenters. The molecule has 2 rings (SSSR count). The lowest BCUT2D eigenvalue weighted by atomic mass is 10.2. The molecule has 0 spiro atoms. The van der Waals surface area contributed by atoms with Gasteiger partial charge in [0.2, 0.25) is 0 Å². The zero-order valence-corrected chi connectivity index (χ0v) is 12.0. The molecule has 0 bridgehead atoms. The molecule has 0 aliphatic rings. The number of thiazole rings is 1. The first-order valence-electron chi connectivity index (χ1n) is 5.19. The Morgan fingerprint density at radius 3 is 2.88 bits per heavy atom. The molecule has 0 saturated heterocycles. The highest BCUT2D eigenvalue weighted by molar-refractivity contribution is 9.10. The third-order valence-electron chi connectivity index (χ3n) is 2.43. The van der Waals surface area contributed by atoms with Crippen LogP contribution in [0.1, 0.15) is 18.7 Å². The maximum Gasteiger partial charge on any atom is 0.133 e. The Morgan fingerprint density at radius 2 is 2.29 bits per heavy atom. The number of hydrogen-bond acceptors (Lipinski definition) is 4. The van der Waals surface area contributed by atoms with E-state index in [2.05, 4.69) is 38.5 Å². The van der Waals surface area contributed by atoms with Crippen LogP contribution in [-0.2, 0) is 0 Å². The molecule has 1 heterocycles. The molecule has 0 fully saturated rings. The normalized spacial score (nSPS) is 12.2. The van der Waals surface area contributed by atoms with E-state index in [4.69, 9.17) is 4.74 Å². The van der Waals surface area contributed by atoms with Crippen LogP contribution in [0.5, 0.6) is 5.75 Å². The molecule has 0 aliphatic carbocycles. The van der Waals surface area contributed by atoms with E-state index in [1.807, 2.05) is 23.7 Å². The summed E-state index contributed by atoms with van der Waals surface area (Å²) in [7, 11) is 1.66. The summed E-state index contributed by atoms with van der Waals surface area (Å²) in [5.74, 6) is 0.830. The van der Waals surface area contributed by atoms with Crippen molar-refractivity contribution in [2.45, 2.75) is 13.0 Å². The van der Waals surface area contributed by atoms with E-state index in [0.717, 1.165) is 21.6 Å². The van der Waals surface area contributed by atoms with Gasteiger partial charge in [0.1, 0.15) is 5.75 Å². The fourth-order valence-corrected chi connectivity index (χ4v) is 2.70. The van der Waals surface area contributed by atoms with Crippen molar-refractivity contribution in [1.29, 1.82) is 0 Å². The van der Waals surface area contributed by atoms with E-state index in [0.29, 0.717) is 0 Å². The topological polar surface area (TPSA) is 34.1 Å². The lowest BCUT2D eigenvalue weighted by Gasteiger charge is -2.14. The lowest BCUT2D eigenvalue weighted by Crippen LogP contribution is -2.06. The van der Waals surface area contributed by atoms with Crippen LogP contribution in [0, 0.1) is 0 Å². The number of ether oxygens (including phenoxy) is 1. The van der Waals surface area contributed by atoms with Crippen LogP contribution < -0.4 is 10.1 Å². The van der Waals surface area contributed by atoms with Crippen molar-refractivity contribution in [1.82, 2.24) is 4.98 Å². The molecule has 1 aromatic heterocycles. The first-order valence-corrected chi connectivity index (χ1v) is 6.92. The van der Waals surface area contributed by atoms with E-state index in [-0.39, 0.29) is 6.04 Å². The van der Waals surface area contributed by atoms with Crippen molar-refractivity contribution < 1.29 is 4.74 Å². The van der Waals surface area contributed by atoms with E-state index >= 15 is 0 Å². The molecule has 90 valence electrons. The van der Waals surface area contributed by atoms with Gasteiger partial charge in [-0.15, -0.1) is 11.3 Å². The van der Waals surface area contributed by atoms with Gasteiger partial charge in [0.05, 0.1) is 28.8 Å². The van der Waals surface area contributed by atoms with E-state index in [9.17, 15) is 0 Å². The lowest BCUT2D eigenvalue weighted by molar-refractivity contribution is 0.412. The van der Waals surface area contributed by atoms with Gasteiger partial charge in [-0.25, -0.2) is 4.98 Å². The zero-order chi connectivity index (χ0) is 12.3. The summed E-state index contributed by atoms with van der Waals surface area (Å²) in [6.07, 6.45) is 0. The summed E-state index contributed by atoms with van der Waals surface area (Å²) in [5, 5.41) is 5.45. The second kappa shape index (κ2) is 5.51. The van der Waals surface area contributed by atoms with Crippen LogP contribution in [0.15, 0.2) is 33.6 Å². The fourth-order valence-electron chi connectivity index (χ4n) is 1.52. The molecule has 5 heteroatoms. The first-order chi connectivity index (χ1) is 8.20. The van der Waals surface area contributed by atoms with Crippen molar-refractivity contribution in [3.8, 4) is 5.75 Å². The average Bonchev–Trinajstić information content (AvgIpc) is 2.82. The molecule has 1 atom stereocenters. The van der Waals surface area contributed by atoms with Crippen LogP contribution in [0.25, 0.3) is 0 Å². The summed E-state index contributed by atoms with van der Waals surface area (Å²) >= 11 is 5.07. The highest BCUT2D eigenvalue weighted by atomic mass is 79.9. The highest BCUT2D eigenvalue weighted by Gasteiger charge is 2.08. The number of anilines is 1. The Labute approximate surface area is 113 Å². The van der Waals surface area contributed by atoms with E-state index < -0.39 is 0 Å². The van der Waals surface area contributed by atoms with Gasteiger partial charge in [0.25, 0.3) is 0 Å². The monoisotopic (exact) mass is 312 g/mol. The maximum atomic E-state index is 5.19. The van der Waals surface area contributed by atoms with Gasteiger partial charge >= 0.3 is 0 Å². The zero-order valence-electron chi connectivity index (χ0n) is 9.61. The number of nitrogens with zero attached hydrogens (tertiary/aromatic N) is 1. The summed E-state index contributed by atoms with van der Waals surface area (Å²) in [6.45, 7) is 2.09. The van der Waals surface area contributed by atoms with Crippen LogP contribution in [0.3, 0.4) is 0 Å². The number of rotatable bonds is 4. The molecule has 1 aromatic carbocycles. The van der Waals surface area contributed by atoms with E-state index in [1.165, 1.54) is 0 Å². The Balaban J connectivity index is 2.11. The fraction of sp³-hybridized carbons (Fsp3) is 0.250. The summed E-state index contributed by atoms with van der Waals surface area (Å²) in [6, 6.07) is 6.12. The number of hydrogen-bond donors (Lipinski definition) is 1. The van der Waals surface area contributed by atoms with Crippen LogP contribution >= 0.6 is 27.3 Å². The highest BCUT2D eigenvalue weighted by Crippen LogP contribution is 2.29. The first kappa shape index (κ1) is 12.4. The molecule has 0 aliphatic heterocycles. The number of methoxy groups -OCH3 is 1. The third-order valence-corrected chi connectivity index (χ3v) is 3.65. The molecule has 3 nitrogen and oxygen atoms in total. The number of nitrogens with one attached hydrogen (secondary N) is 1. The van der Waals surface area contributed by atoms with Crippen molar-refractivity contribution in [3.63, 3.8) is 0 Å². The minimum absolute atomic E-state index is 0.196. The average molecular weight is 313 g/mol. The molecular formula is C12H13BrN2OS. The van der Waals surface area contributed by atoms with E-state index in [1.54, 1.807) is 18.4 Å². The Morgan fingerprint density at radius 1 is 1.47 bits per heavy atom. The summed E-state index contributed by atoms with van der Waals surface area (Å²) in [5.41, 5.74) is 3.94. The molecule has 2 aromatic rings. The van der Waals surface area contributed by atoms with Crippen molar-refractivity contribution in [2.75, 3.05) is 12.4 Å². The largest absolute Gasteiger partial charge is 0.496 e. The number of benzene rings is 1. The van der Waals surface area contributed by atoms with Crippen LogP contribution in [-0.4, -0.2) is 12.1 Å². The quantitative estimate of drug-likeness (QED) is 0.923. The van der Waals surface area contributed by atoms with Gasteiger partial charge in [-0.2, -0.15) is 0 Å². The van der Waals surface area contributed by atoms with Crippen molar-refractivity contribution in [2.24, 2.45) is 0 Å². The Hall–Kier alpha value is -1.07. The van der Waals surface area contributed by atoms with Crippen molar-refractivity contribution >= 4 is 33.0 Å².